The zero-order chi connectivity index (χ0) is 24.9. The normalized spacial score (nSPS) is 22.8. The van der Waals surface area contributed by atoms with Crippen LogP contribution in [0.5, 0.6) is 0 Å². The monoisotopic (exact) mass is 472 g/mol. The molecule has 2 saturated carbocycles. The van der Waals surface area contributed by atoms with Gasteiger partial charge in [0.2, 0.25) is 17.7 Å². The summed E-state index contributed by atoms with van der Waals surface area (Å²) in [5, 5.41) is 5.56. The molecule has 3 amide bonds. The Hall–Kier alpha value is -3.43. The summed E-state index contributed by atoms with van der Waals surface area (Å²) in [7, 11) is 0. The molecule has 1 aromatic rings. The number of aromatic nitrogens is 1. The number of rotatable bonds is 10. The van der Waals surface area contributed by atoms with Crippen LogP contribution in [-0.4, -0.2) is 40.4 Å². The summed E-state index contributed by atoms with van der Waals surface area (Å²) >= 11 is 0. The number of anilines is 1. The maximum absolute atomic E-state index is 13.1. The molecule has 0 radical (unpaired) electrons. The number of carbonyl (C=O) groups is 4. The van der Waals surface area contributed by atoms with Gasteiger partial charge in [-0.05, 0) is 51.2 Å². The minimum Gasteiger partial charge on any atom is -0.463 e. The van der Waals surface area contributed by atoms with Gasteiger partial charge in [-0.15, -0.1) is 0 Å². The van der Waals surface area contributed by atoms with E-state index in [1.54, 1.807) is 19.9 Å². The lowest BCUT2D eigenvalue weighted by atomic mass is 10.1. The Balaban J connectivity index is 1.74. The van der Waals surface area contributed by atoms with Crippen molar-refractivity contribution in [1.29, 1.82) is 0 Å². The smallest absolute Gasteiger partial charge is 0.330 e. The molecule has 34 heavy (non-hydrogen) atoms. The highest BCUT2D eigenvalue weighted by atomic mass is 16.5. The summed E-state index contributed by atoms with van der Waals surface area (Å²) in [5.74, 6) is -2.09. The van der Waals surface area contributed by atoms with Crippen molar-refractivity contribution in [3.63, 3.8) is 0 Å². The fourth-order valence-electron chi connectivity index (χ4n) is 4.45. The molecule has 1 heterocycles. The van der Waals surface area contributed by atoms with Crippen molar-refractivity contribution in [2.75, 3.05) is 11.9 Å². The summed E-state index contributed by atoms with van der Waals surface area (Å²) in [6, 6.07) is 2.21. The van der Waals surface area contributed by atoms with Gasteiger partial charge < -0.3 is 25.7 Å². The van der Waals surface area contributed by atoms with E-state index in [4.69, 9.17) is 10.5 Å². The van der Waals surface area contributed by atoms with Crippen LogP contribution in [0.4, 0.5) is 5.69 Å². The molecule has 2 aliphatic rings. The molecular formula is C24H32N4O6. The van der Waals surface area contributed by atoms with E-state index in [1.807, 2.05) is 0 Å². The first-order valence-corrected chi connectivity index (χ1v) is 11.6. The number of ether oxygens (including phenoxy) is 1. The second kappa shape index (κ2) is 10.7. The first-order chi connectivity index (χ1) is 16.2. The Morgan fingerprint density at radius 2 is 2.00 bits per heavy atom. The molecule has 0 spiro atoms. The van der Waals surface area contributed by atoms with Crippen LogP contribution in [0.2, 0.25) is 0 Å². The molecule has 3 rings (SSSR count). The van der Waals surface area contributed by atoms with Crippen molar-refractivity contribution >= 4 is 29.4 Å². The van der Waals surface area contributed by atoms with Crippen LogP contribution in [-0.2, 0) is 23.9 Å². The summed E-state index contributed by atoms with van der Waals surface area (Å²) in [6.45, 7) is 3.45. The number of amides is 3. The third-order valence-electron chi connectivity index (χ3n) is 6.51. The highest BCUT2D eigenvalue weighted by Gasteiger charge is 2.54. The maximum atomic E-state index is 13.1. The molecule has 3 atom stereocenters. The second-order valence-electron chi connectivity index (χ2n) is 8.97. The van der Waals surface area contributed by atoms with E-state index in [0.717, 1.165) is 25.7 Å². The first kappa shape index (κ1) is 25.2. The summed E-state index contributed by atoms with van der Waals surface area (Å²) < 4.78 is 6.13. The third kappa shape index (κ3) is 5.92. The number of nitrogens with two attached hydrogens (primary N) is 1. The van der Waals surface area contributed by atoms with Gasteiger partial charge in [-0.1, -0.05) is 18.9 Å². The zero-order valence-corrected chi connectivity index (χ0v) is 19.5. The number of carbonyl (C=O) groups excluding carboxylic acids is 4. The average Bonchev–Trinajstić information content (AvgIpc) is 3.18. The van der Waals surface area contributed by atoms with Gasteiger partial charge in [-0.3, -0.25) is 19.2 Å². The minimum absolute atomic E-state index is 0.0461. The molecule has 1 aromatic heterocycles. The fourth-order valence-corrected chi connectivity index (χ4v) is 4.45. The van der Waals surface area contributed by atoms with E-state index >= 15 is 0 Å². The van der Waals surface area contributed by atoms with Gasteiger partial charge in [-0.2, -0.15) is 0 Å². The largest absolute Gasteiger partial charge is 0.463 e. The van der Waals surface area contributed by atoms with E-state index in [-0.39, 0.29) is 36.5 Å². The number of pyridine rings is 1. The van der Waals surface area contributed by atoms with Crippen LogP contribution in [0.25, 0.3) is 0 Å². The molecule has 184 valence electrons. The van der Waals surface area contributed by atoms with Gasteiger partial charge in [0.25, 0.3) is 5.56 Å². The predicted octanol–water partition coefficient (Wildman–Crippen LogP) is 1.41. The summed E-state index contributed by atoms with van der Waals surface area (Å²) in [6.07, 6.45) is 8.30. The predicted molar refractivity (Wildman–Crippen MR) is 125 cm³/mol. The Kier molecular flexibility index (Phi) is 7.90. The van der Waals surface area contributed by atoms with Crippen molar-refractivity contribution in [3.05, 3.63) is 40.8 Å². The number of nitrogens with one attached hydrogen (secondary N) is 2. The molecule has 0 aliphatic heterocycles. The van der Waals surface area contributed by atoms with E-state index in [1.165, 1.54) is 29.0 Å². The Morgan fingerprint density at radius 3 is 2.65 bits per heavy atom. The Labute approximate surface area is 197 Å². The van der Waals surface area contributed by atoms with Gasteiger partial charge in [-0.25, -0.2) is 4.79 Å². The average molecular weight is 473 g/mol. The molecule has 2 aliphatic carbocycles. The Bertz CT molecular complexity index is 1040. The SMILES string of the molecule is CCOC(=O)/C=C/C1(NC(=O)[C@H](C)n2cccc(NC(=O)C3CCCC3)c2=O)CC1CC(N)=O. The fraction of sp³-hybridized carbons (Fsp3) is 0.542. The van der Waals surface area contributed by atoms with Gasteiger partial charge >= 0.3 is 5.97 Å². The van der Waals surface area contributed by atoms with Crippen LogP contribution in [0.3, 0.4) is 0 Å². The molecule has 0 aromatic carbocycles. The van der Waals surface area contributed by atoms with Gasteiger partial charge in [0, 0.05) is 24.6 Å². The van der Waals surface area contributed by atoms with Gasteiger partial charge in [0.15, 0.2) is 0 Å². The maximum Gasteiger partial charge on any atom is 0.330 e. The Morgan fingerprint density at radius 1 is 1.29 bits per heavy atom. The van der Waals surface area contributed by atoms with Crippen molar-refractivity contribution < 1.29 is 23.9 Å². The number of hydrogen-bond acceptors (Lipinski definition) is 6. The van der Waals surface area contributed by atoms with Crippen molar-refractivity contribution in [2.24, 2.45) is 17.6 Å². The van der Waals surface area contributed by atoms with E-state index in [0.29, 0.717) is 6.42 Å². The highest BCUT2D eigenvalue weighted by Crippen LogP contribution is 2.47. The molecule has 2 unspecified atom stereocenters. The van der Waals surface area contributed by atoms with Gasteiger partial charge in [0.1, 0.15) is 11.7 Å². The molecule has 0 bridgehead atoms. The van der Waals surface area contributed by atoms with Crippen molar-refractivity contribution in [3.8, 4) is 0 Å². The lowest BCUT2D eigenvalue weighted by Crippen LogP contribution is -2.43. The number of nitrogens with zero attached hydrogens (tertiary/aromatic N) is 1. The topological polar surface area (TPSA) is 150 Å². The zero-order valence-electron chi connectivity index (χ0n) is 19.5. The van der Waals surface area contributed by atoms with Crippen LogP contribution < -0.4 is 21.9 Å². The third-order valence-corrected chi connectivity index (χ3v) is 6.51. The molecule has 10 nitrogen and oxygen atoms in total. The lowest BCUT2D eigenvalue weighted by Gasteiger charge is -2.21. The molecule has 10 heteroatoms. The van der Waals surface area contributed by atoms with Crippen molar-refractivity contribution in [2.45, 2.75) is 64.0 Å². The van der Waals surface area contributed by atoms with Crippen molar-refractivity contribution in [1.82, 2.24) is 9.88 Å². The van der Waals surface area contributed by atoms with Crippen LogP contribution >= 0.6 is 0 Å². The second-order valence-corrected chi connectivity index (χ2v) is 8.97. The minimum atomic E-state index is -0.926. The number of esters is 1. The van der Waals surface area contributed by atoms with Crippen LogP contribution in [0.15, 0.2) is 35.3 Å². The first-order valence-electron chi connectivity index (χ1n) is 11.6. The van der Waals surface area contributed by atoms with E-state index < -0.39 is 34.9 Å². The summed E-state index contributed by atoms with van der Waals surface area (Å²) in [4.78, 5) is 61.7. The lowest BCUT2D eigenvalue weighted by molar-refractivity contribution is -0.137. The molecule has 2 fully saturated rings. The quantitative estimate of drug-likeness (QED) is 0.346. The van der Waals surface area contributed by atoms with Gasteiger partial charge in [0.05, 0.1) is 12.1 Å². The molecule has 0 saturated heterocycles. The van der Waals surface area contributed by atoms with Crippen LogP contribution in [0.1, 0.15) is 58.4 Å². The van der Waals surface area contributed by atoms with Crippen LogP contribution in [0, 0.1) is 11.8 Å². The number of hydrogen-bond donors (Lipinski definition) is 3. The highest BCUT2D eigenvalue weighted by molar-refractivity contribution is 5.92. The molecular weight excluding hydrogens is 440 g/mol. The summed E-state index contributed by atoms with van der Waals surface area (Å²) in [5.41, 5.74) is 4.02. The standard InChI is InChI=1S/C24H32N4O6/c1-3-34-20(30)10-11-24(14-17(24)13-19(25)29)27-21(31)15(2)28-12-6-9-18(23(28)33)26-22(32)16-7-4-5-8-16/h6,9-12,15-17H,3-5,7-8,13-14H2,1-2H3,(H2,25,29)(H,26,32)(H,27,31)/b11-10+/t15-,17?,24?/m0/s1. The number of primary amides is 1. The van der Waals surface area contributed by atoms with E-state index in [9.17, 15) is 24.0 Å². The van der Waals surface area contributed by atoms with E-state index in [2.05, 4.69) is 10.6 Å². The molecule has 4 N–H and O–H groups in total.